The summed E-state index contributed by atoms with van der Waals surface area (Å²) in [7, 11) is 0. The van der Waals surface area contributed by atoms with Crippen LogP contribution >= 0.6 is 0 Å². The van der Waals surface area contributed by atoms with E-state index in [9.17, 15) is 18.8 Å². The van der Waals surface area contributed by atoms with Gasteiger partial charge in [-0.25, -0.2) is 4.39 Å². The lowest BCUT2D eigenvalue weighted by molar-refractivity contribution is -0.119. The summed E-state index contributed by atoms with van der Waals surface area (Å²) in [5.41, 5.74) is 6.25. The van der Waals surface area contributed by atoms with E-state index in [1.807, 2.05) is 12.1 Å². The third-order valence-electron chi connectivity index (χ3n) is 6.08. The number of halogens is 1. The minimum absolute atomic E-state index is 0.158. The molecule has 0 aliphatic carbocycles. The molecule has 0 radical (unpaired) electrons. The van der Waals surface area contributed by atoms with Crippen molar-refractivity contribution in [2.75, 3.05) is 19.7 Å². The monoisotopic (exact) mass is 445 g/mol. The molecule has 2 heterocycles. The molecule has 1 atom stereocenters. The number of carbonyl (C=O) groups excluding carboxylic acids is 3. The van der Waals surface area contributed by atoms with E-state index >= 15 is 0 Å². The summed E-state index contributed by atoms with van der Waals surface area (Å²) in [6.45, 7) is 0.406. The van der Waals surface area contributed by atoms with E-state index in [-0.39, 0.29) is 18.4 Å². The number of hydrogen-bond donors (Lipinski definition) is 1. The molecule has 5 rings (SSSR count). The zero-order chi connectivity index (χ0) is 23.2. The number of primary amides is 1. The molecule has 2 N–H and O–H groups in total. The van der Waals surface area contributed by atoms with Gasteiger partial charge in [-0.15, -0.1) is 0 Å². The van der Waals surface area contributed by atoms with Crippen LogP contribution in [0.15, 0.2) is 72.8 Å². The fourth-order valence-corrected chi connectivity index (χ4v) is 4.73. The van der Waals surface area contributed by atoms with Crippen LogP contribution in [0.4, 0.5) is 4.39 Å². The fourth-order valence-electron chi connectivity index (χ4n) is 4.73. The van der Waals surface area contributed by atoms with E-state index in [1.54, 1.807) is 46.2 Å². The van der Waals surface area contributed by atoms with Gasteiger partial charge in [0.25, 0.3) is 17.7 Å². The van der Waals surface area contributed by atoms with E-state index in [2.05, 4.69) is 0 Å². The first-order valence-electron chi connectivity index (χ1n) is 10.4. The van der Waals surface area contributed by atoms with Gasteiger partial charge in [0, 0.05) is 35.3 Å². The Bertz CT molecular complexity index is 1260. The third kappa shape index (κ3) is 3.14. The molecule has 1 saturated heterocycles. The smallest absolute Gasteiger partial charge is 0.256 e. The Morgan fingerprint density at radius 1 is 0.970 bits per heavy atom. The van der Waals surface area contributed by atoms with Crippen LogP contribution in [0.3, 0.4) is 0 Å². The molecule has 3 aromatic rings. The van der Waals surface area contributed by atoms with Crippen LogP contribution in [0, 0.1) is 5.82 Å². The quantitative estimate of drug-likeness (QED) is 0.653. The molecule has 7 nitrogen and oxygen atoms in total. The zero-order valence-corrected chi connectivity index (χ0v) is 17.5. The summed E-state index contributed by atoms with van der Waals surface area (Å²) in [6.07, 6.45) is 0. The molecule has 1 fully saturated rings. The maximum absolute atomic E-state index is 13.6. The number of nitrogens with zero attached hydrogens (tertiary/aromatic N) is 2. The van der Waals surface area contributed by atoms with E-state index < -0.39 is 17.4 Å². The number of ether oxygens (including phenoxy) is 1. The van der Waals surface area contributed by atoms with Crippen LogP contribution in [0.1, 0.15) is 31.8 Å². The Balaban J connectivity index is 1.64. The van der Waals surface area contributed by atoms with Crippen LogP contribution < -0.4 is 10.5 Å². The van der Waals surface area contributed by atoms with Crippen LogP contribution in [-0.2, 0) is 10.5 Å². The molecule has 2 aliphatic rings. The number of amides is 3. The molecule has 33 heavy (non-hydrogen) atoms. The molecule has 0 saturated carbocycles. The van der Waals surface area contributed by atoms with Gasteiger partial charge in [-0.1, -0.05) is 30.3 Å². The Morgan fingerprint density at radius 3 is 2.36 bits per heavy atom. The predicted molar refractivity (Wildman–Crippen MR) is 117 cm³/mol. The first kappa shape index (κ1) is 20.7. The summed E-state index contributed by atoms with van der Waals surface area (Å²) in [5.74, 6) is -1.05. The van der Waals surface area contributed by atoms with Crippen LogP contribution in [0.25, 0.3) is 0 Å². The van der Waals surface area contributed by atoms with Gasteiger partial charge in [0.2, 0.25) is 0 Å². The number of carbonyl (C=O) groups is 3. The van der Waals surface area contributed by atoms with Crippen molar-refractivity contribution >= 4 is 17.7 Å². The molecule has 3 amide bonds. The largest absolute Gasteiger partial charge is 0.484 e. The number of hydrogen-bond acceptors (Lipinski definition) is 4. The summed E-state index contributed by atoms with van der Waals surface area (Å²) in [6, 6.07) is 19.5. The van der Waals surface area contributed by atoms with Gasteiger partial charge in [0.1, 0.15) is 11.6 Å². The number of rotatable bonds is 5. The summed E-state index contributed by atoms with van der Waals surface area (Å²) in [5, 5.41) is 0. The Morgan fingerprint density at radius 2 is 1.67 bits per heavy atom. The second-order valence-corrected chi connectivity index (χ2v) is 7.92. The van der Waals surface area contributed by atoms with E-state index in [4.69, 9.17) is 10.5 Å². The molecular weight excluding hydrogens is 425 g/mol. The van der Waals surface area contributed by atoms with Gasteiger partial charge in [0.05, 0.1) is 0 Å². The average Bonchev–Trinajstić information content (AvgIpc) is 3.34. The SMILES string of the molecule is NC(=O)COc1ccc(C23c4ccccc4C(=O)N2CCN3C(=O)c2ccc(F)cc2)cc1. The minimum Gasteiger partial charge on any atom is -0.484 e. The van der Waals surface area contributed by atoms with Gasteiger partial charge in [-0.05, 0) is 42.5 Å². The van der Waals surface area contributed by atoms with Crippen molar-refractivity contribution in [3.8, 4) is 5.75 Å². The first-order valence-corrected chi connectivity index (χ1v) is 10.4. The fraction of sp³-hybridized carbons (Fsp3) is 0.160. The highest BCUT2D eigenvalue weighted by Gasteiger charge is 2.59. The minimum atomic E-state index is -1.15. The normalized spacial score (nSPS) is 18.8. The first-order chi connectivity index (χ1) is 15.9. The maximum Gasteiger partial charge on any atom is 0.256 e. The van der Waals surface area contributed by atoms with Crippen molar-refractivity contribution in [3.63, 3.8) is 0 Å². The molecule has 0 aromatic heterocycles. The predicted octanol–water partition coefficient (Wildman–Crippen LogP) is 2.50. The average molecular weight is 445 g/mol. The van der Waals surface area contributed by atoms with Crippen molar-refractivity contribution < 1.29 is 23.5 Å². The maximum atomic E-state index is 13.6. The summed E-state index contributed by atoms with van der Waals surface area (Å²) >= 11 is 0. The van der Waals surface area contributed by atoms with Gasteiger partial charge in [-0.3, -0.25) is 14.4 Å². The number of benzene rings is 3. The molecular formula is C25H20FN3O4. The van der Waals surface area contributed by atoms with Crippen molar-refractivity contribution in [2.24, 2.45) is 5.73 Å². The van der Waals surface area contributed by atoms with Crippen molar-refractivity contribution in [1.82, 2.24) is 9.80 Å². The highest BCUT2D eigenvalue weighted by atomic mass is 19.1. The Kier molecular flexibility index (Phi) is 4.85. The lowest BCUT2D eigenvalue weighted by atomic mass is 9.89. The highest BCUT2D eigenvalue weighted by molar-refractivity contribution is 6.03. The van der Waals surface area contributed by atoms with E-state index in [0.717, 1.165) is 0 Å². The molecule has 8 heteroatoms. The topological polar surface area (TPSA) is 92.9 Å². The molecule has 0 bridgehead atoms. The second-order valence-electron chi connectivity index (χ2n) is 7.92. The zero-order valence-electron chi connectivity index (χ0n) is 17.5. The number of fused-ring (bicyclic) bond motifs is 3. The Hall–Kier alpha value is -4.20. The molecule has 3 aromatic carbocycles. The summed E-state index contributed by atoms with van der Waals surface area (Å²) in [4.78, 5) is 41.3. The molecule has 2 aliphatic heterocycles. The standard InChI is InChI=1S/C25H20FN3O4/c26-18-9-5-16(6-10-18)23(31)28-13-14-29-24(32)20-3-1-2-4-21(20)25(28,29)17-7-11-19(12-8-17)33-15-22(27)30/h1-12H,13-15H2,(H2,27,30). The van der Waals surface area contributed by atoms with Gasteiger partial charge in [0.15, 0.2) is 12.3 Å². The molecule has 166 valence electrons. The van der Waals surface area contributed by atoms with Crippen LogP contribution in [-0.4, -0.2) is 47.2 Å². The Labute approximate surface area is 189 Å². The lowest BCUT2D eigenvalue weighted by Gasteiger charge is -2.40. The van der Waals surface area contributed by atoms with Crippen molar-refractivity contribution in [3.05, 3.63) is 101 Å². The van der Waals surface area contributed by atoms with Gasteiger partial charge < -0.3 is 20.3 Å². The van der Waals surface area contributed by atoms with Crippen LogP contribution in [0.2, 0.25) is 0 Å². The van der Waals surface area contributed by atoms with Gasteiger partial charge in [-0.2, -0.15) is 0 Å². The van der Waals surface area contributed by atoms with Crippen molar-refractivity contribution in [1.29, 1.82) is 0 Å². The summed E-state index contributed by atoms with van der Waals surface area (Å²) < 4.78 is 18.8. The lowest BCUT2D eigenvalue weighted by Crippen LogP contribution is -2.51. The van der Waals surface area contributed by atoms with E-state index in [1.165, 1.54) is 24.3 Å². The van der Waals surface area contributed by atoms with Crippen molar-refractivity contribution in [2.45, 2.75) is 5.66 Å². The van der Waals surface area contributed by atoms with Gasteiger partial charge >= 0.3 is 0 Å². The molecule has 0 spiro atoms. The second kappa shape index (κ2) is 7.74. The molecule has 1 unspecified atom stereocenters. The number of nitrogens with two attached hydrogens (primary N) is 1. The third-order valence-corrected chi connectivity index (χ3v) is 6.08. The highest BCUT2D eigenvalue weighted by Crippen LogP contribution is 2.50. The van der Waals surface area contributed by atoms with Crippen LogP contribution in [0.5, 0.6) is 5.75 Å². The van der Waals surface area contributed by atoms with E-state index in [0.29, 0.717) is 41.1 Å².